The van der Waals surface area contributed by atoms with Gasteiger partial charge in [0, 0.05) is 50.6 Å². The largest absolute Gasteiger partial charge is 0.444 e. The number of nitrogens with one attached hydrogen (secondary N) is 3. The first-order valence-corrected chi connectivity index (χ1v) is 22.5. The predicted molar refractivity (Wildman–Crippen MR) is 240 cm³/mol. The molecule has 16 heteroatoms. The molecule has 3 aromatic rings. The molecule has 3 heterocycles. The summed E-state index contributed by atoms with van der Waals surface area (Å²) >= 11 is 1.58. The normalized spacial score (nSPS) is 19.4. The van der Waals surface area contributed by atoms with Crippen molar-refractivity contribution >= 4 is 40.8 Å². The van der Waals surface area contributed by atoms with E-state index in [1.54, 1.807) is 32.1 Å². The minimum absolute atomic E-state index is 0.0370. The van der Waals surface area contributed by atoms with E-state index in [0.717, 1.165) is 32.9 Å². The molecule has 15 nitrogen and oxygen atoms in total. The number of hydrogen-bond acceptors (Lipinski definition) is 12. The van der Waals surface area contributed by atoms with E-state index in [0.29, 0.717) is 39.0 Å². The number of alkyl carbamates (subject to hydrolysis) is 1. The van der Waals surface area contributed by atoms with Gasteiger partial charge in [-0.05, 0) is 88.1 Å². The first kappa shape index (κ1) is 48.4. The van der Waals surface area contributed by atoms with Gasteiger partial charge in [-0.25, -0.2) is 9.78 Å². The predicted octanol–water partition coefficient (Wildman–Crippen LogP) is 5.00. The summed E-state index contributed by atoms with van der Waals surface area (Å²) in [7, 11) is 0. The number of amides is 4. The molecule has 1 unspecified atom stereocenters. The first-order chi connectivity index (χ1) is 29.2. The van der Waals surface area contributed by atoms with E-state index in [-0.39, 0.29) is 43.7 Å². The lowest BCUT2D eigenvalue weighted by Gasteiger charge is -2.40. The van der Waals surface area contributed by atoms with E-state index < -0.39 is 59.6 Å². The number of hydrogen-bond donors (Lipinski definition) is 6. The monoisotopic (exact) mass is 877 g/mol. The molecule has 6 atom stereocenters. The number of likely N-dealkylation sites (tertiary alicyclic amines) is 1. The molecule has 2 fully saturated rings. The number of thiazole rings is 1. The topological polar surface area (TPSA) is 209 Å². The van der Waals surface area contributed by atoms with E-state index in [4.69, 9.17) is 15.2 Å². The number of primary amides is 1. The highest BCUT2D eigenvalue weighted by Crippen LogP contribution is 2.31. The lowest BCUT2D eigenvalue weighted by molar-refractivity contribution is -0.143. The molecule has 4 amide bonds. The van der Waals surface area contributed by atoms with Crippen LogP contribution in [0, 0.1) is 18.3 Å². The van der Waals surface area contributed by atoms with Crippen molar-refractivity contribution in [3.63, 3.8) is 0 Å². The molecule has 2 aromatic carbocycles. The zero-order chi connectivity index (χ0) is 45.4. The van der Waals surface area contributed by atoms with E-state index >= 15 is 0 Å². The van der Waals surface area contributed by atoms with Gasteiger partial charge in [0.25, 0.3) is 0 Å². The number of anilines is 1. The number of carbonyl (C=O) groups is 4. The number of β-amino-alcohol motifs (C(OH)–C–C–N with tert-alkyl or cyclic N) is 1. The van der Waals surface area contributed by atoms with Crippen LogP contribution in [0.2, 0.25) is 0 Å². The fourth-order valence-corrected chi connectivity index (χ4v) is 8.74. The van der Waals surface area contributed by atoms with Crippen molar-refractivity contribution in [2.24, 2.45) is 17.1 Å². The summed E-state index contributed by atoms with van der Waals surface area (Å²) in [5.74, 6) is -1.22. The third-order valence-corrected chi connectivity index (χ3v) is 12.5. The molecule has 7 N–H and O–H groups in total. The minimum atomic E-state index is -0.958. The molecule has 0 spiro atoms. The third kappa shape index (κ3) is 13.7. The fraction of sp³-hybridized carbons (Fsp3) is 0.587. The van der Waals surface area contributed by atoms with E-state index in [2.05, 4.69) is 25.8 Å². The number of ether oxygens (including phenoxy) is 2. The molecule has 2 aliphatic rings. The molecule has 1 aromatic heterocycles. The van der Waals surface area contributed by atoms with Crippen LogP contribution in [0.3, 0.4) is 0 Å². The Labute approximate surface area is 370 Å². The number of rotatable bonds is 17. The Morgan fingerprint density at radius 1 is 0.984 bits per heavy atom. The molecule has 2 aliphatic heterocycles. The van der Waals surface area contributed by atoms with Crippen LogP contribution in [0.25, 0.3) is 10.4 Å². The van der Waals surface area contributed by atoms with Gasteiger partial charge in [0.05, 0.1) is 47.0 Å². The summed E-state index contributed by atoms with van der Waals surface area (Å²) in [6, 6.07) is 13.9. The van der Waals surface area contributed by atoms with Crippen LogP contribution >= 0.6 is 11.3 Å². The quantitative estimate of drug-likeness (QED) is 0.0995. The van der Waals surface area contributed by atoms with Gasteiger partial charge in [-0.2, -0.15) is 0 Å². The molecule has 0 bridgehead atoms. The van der Waals surface area contributed by atoms with Crippen molar-refractivity contribution < 1.29 is 38.9 Å². The maximum atomic E-state index is 14.2. The number of nitrogens with two attached hydrogens (primary N) is 1. The molecule has 0 saturated carbocycles. The highest BCUT2D eigenvalue weighted by Gasteiger charge is 2.45. The van der Waals surface area contributed by atoms with Crippen LogP contribution in [-0.4, -0.2) is 106 Å². The van der Waals surface area contributed by atoms with Crippen LogP contribution in [0.1, 0.15) is 97.4 Å². The van der Waals surface area contributed by atoms with Crippen LogP contribution in [0.15, 0.2) is 54.0 Å². The number of aryl methyl sites for hydroxylation is 1. The lowest BCUT2D eigenvalue weighted by atomic mass is 9.84. The Kier molecular flexibility index (Phi) is 16.5. The summed E-state index contributed by atoms with van der Waals surface area (Å²) in [5.41, 5.74) is 10.9. The molecule has 2 saturated heterocycles. The molecule has 62 heavy (non-hydrogen) atoms. The molecule has 5 rings (SSSR count). The summed E-state index contributed by atoms with van der Waals surface area (Å²) in [5, 5.41) is 31.2. The summed E-state index contributed by atoms with van der Waals surface area (Å²) in [6.45, 7) is 17.0. The van der Waals surface area contributed by atoms with Gasteiger partial charge in [0.1, 0.15) is 17.9 Å². The van der Waals surface area contributed by atoms with Gasteiger partial charge in [-0.1, -0.05) is 57.2 Å². The molecule has 0 aliphatic carbocycles. The number of aliphatic hydroxyl groups excluding tert-OH is 2. The van der Waals surface area contributed by atoms with Crippen LogP contribution in [0.4, 0.5) is 10.5 Å². The van der Waals surface area contributed by atoms with E-state index in [1.165, 1.54) is 4.90 Å². The maximum Gasteiger partial charge on any atom is 0.407 e. The Bertz CT molecular complexity index is 1950. The van der Waals surface area contributed by atoms with Crippen molar-refractivity contribution in [2.75, 3.05) is 24.5 Å². The van der Waals surface area contributed by atoms with Gasteiger partial charge < -0.3 is 45.9 Å². The average molecular weight is 878 g/mol. The minimum Gasteiger partial charge on any atom is -0.444 e. The highest BCUT2D eigenvalue weighted by molar-refractivity contribution is 7.13. The fourth-order valence-electron chi connectivity index (χ4n) is 7.93. The average Bonchev–Trinajstić information content (AvgIpc) is 3.83. The van der Waals surface area contributed by atoms with Crippen LogP contribution in [-0.2, 0) is 37.0 Å². The molecule has 0 radical (unpaired) electrons. The number of nitrogens with zero attached hydrogens (tertiary/aromatic N) is 3. The second-order valence-corrected chi connectivity index (χ2v) is 19.6. The molecular formula is C46H67N7O8S. The van der Waals surface area contributed by atoms with Crippen molar-refractivity contribution in [3.8, 4) is 10.4 Å². The SMILES string of the molecule is Cc1ncsc1-c1ccc(CNC(=O)[C@@H]2C[C@@H](O)CN2C(=O)[C@@H](NC(O)C2CCN(c3ccc(CO[C@H](C)[C@H](CCC(N)=O)NC(=O)OC(C)(C)C)cc3)CC2)C(C)(C)C)cc1. The van der Waals surface area contributed by atoms with E-state index in [1.807, 2.05) is 88.7 Å². The number of carbonyl (C=O) groups excluding carboxylic acids is 4. The van der Waals surface area contributed by atoms with Crippen molar-refractivity contribution in [1.82, 2.24) is 25.8 Å². The van der Waals surface area contributed by atoms with Crippen molar-refractivity contribution in [3.05, 3.63) is 70.9 Å². The number of benzene rings is 2. The molecule has 340 valence electrons. The maximum absolute atomic E-state index is 14.2. The molecular weight excluding hydrogens is 811 g/mol. The standard InChI is InChI=1S/C46H67N7O8S/c1-28-39(62-27-49-28)32-13-9-30(10-14-32)24-48-42(57)37-23-35(54)25-53(37)43(58)40(45(3,4)5)51-41(56)33-19-21-52(22-20-33)34-15-11-31(12-16-34)26-60-29(2)36(17-18-38(47)55)50-44(59)61-46(6,7)8/h9-16,27,29,33,35-37,40-41,51,54,56H,17-26H2,1-8H3,(H2,47,55)(H,48,57)(H,50,59)/t29-,35-,36+,37+,40-,41?/m1/s1. The van der Waals surface area contributed by atoms with Crippen molar-refractivity contribution in [2.45, 2.75) is 143 Å². The van der Waals surface area contributed by atoms with Crippen molar-refractivity contribution in [1.29, 1.82) is 0 Å². The number of piperidine rings is 1. The Balaban J connectivity index is 1.11. The van der Waals surface area contributed by atoms with Gasteiger partial charge >= 0.3 is 6.09 Å². The zero-order valence-electron chi connectivity index (χ0n) is 37.5. The van der Waals surface area contributed by atoms with E-state index in [9.17, 15) is 29.4 Å². The lowest BCUT2D eigenvalue weighted by Crippen LogP contribution is -2.60. The van der Waals surface area contributed by atoms with Gasteiger partial charge in [-0.15, -0.1) is 11.3 Å². The van der Waals surface area contributed by atoms with Crippen LogP contribution < -0.4 is 26.6 Å². The Morgan fingerprint density at radius 3 is 2.21 bits per heavy atom. The van der Waals surface area contributed by atoms with Crippen LogP contribution in [0.5, 0.6) is 0 Å². The second kappa shape index (κ2) is 21.2. The summed E-state index contributed by atoms with van der Waals surface area (Å²) in [6.07, 6.45) is -0.870. The number of aliphatic hydroxyl groups is 2. The van der Waals surface area contributed by atoms with Gasteiger partial charge in [0.15, 0.2) is 0 Å². The smallest absolute Gasteiger partial charge is 0.407 e. The second-order valence-electron chi connectivity index (χ2n) is 18.8. The highest BCUT2D eigenvalue weighted by atomic mass is 32.1. The summed E-state index contributed by atoms with van der Waals surface area (Å²) < 4.78 is 11.5. The Hall–Kier alpha value is -4.61. The zero-order valence-corrected chi connectivity index (χ0v) is 38.3. The first-order valence-electron chi connectivity index (χ1n) is 21.6. The van der Waals surface area contributed by atoms with Gasteiger partial charge in [-0.3, -0.25) is 19.7 Å². The van der Waals surface area contributed by atoms with Gasteiger partial charge in [0.2, 0.25) is 17.7 Å². The number of aromatic nitrogens is 1. The third-order valence-electron chi connectivity index (χ3n) is 11.5. The Morgan fingerprint density at radius 2 is 1.63 bits per heavy atom. The summed E-state index contributed by atoms with van der Waals surface area (Å²) in [4.78, 5) is 60.9.